The molecule has 146 valence electrons. The first-order chi connectivity index (χ1) is 13.1. The highest BCUT2D eigenvalue weighted by Gasteiger charge is 2.37. The van der Waals surface area contributed by atoms with Gasteiger partial charge < -0.3 is 19.8 Å². The lowest BCUT2D eigenvalue weighted by Crippen LogP contribution is -2.08. The zero-order chi connectivity index (χ0) is 20.5. The van der Waals surface area contributed by atoms with E-state index in [9.17, 15) is 22.8 Å². The van der Waals surface area contributed by atoms with Crippen molar-refractivity contribution in [3.63, 3.8) is 0 Å². The van der Waals surface area contributed by atoms with Crippen molar-refractivity contribution >= 4 is 34.2 Å². The molecule has 2 aromatic carbocycles. The molecule has 0 spiro atoms. The first kappa shape index (κ1) is 19.3. The van der Waals surface area contributed by atoms with Crippen LogP contribution >= 0.6 is 0 Å². The SMILES string of the molecule is CC(=O)Oc1ccc(Nc2c(C(F)(F)F)[nH]c3ccc(OC(C)=O)cc23)cc1. The molecule has 3 aromatic rings. The van der Waals surface area contributed by atoms with Crippen molar-refractivity contribution in [3.8, 4) is 11.5 Å². The van der Waals surface area contributed by atoms with Crippen LogP contribution in [0.5, 0.6) is 11.5 Å². The molecule has 0 aliphatic heterocycles. The third-order valence-corrected chi connectivity index (χ3v) is 3.70. The maximum absolute atomic E-state index is 13.5. The molecular weight excluding hydrogens is 377 g/mol. The average molecular weight is 392 g/mol. The molecule has 1 aromatic heterocycles. The van der Waals surface area contributed by atoms with Gasteiger partial charge in [0.15, 0.2) is 0 Å². The van der Waals surface area contributed by atoms with E-state index in [1.165, 1.54) is 56.3 Å². The van der Waals surface area contributed by atoms with Crippen LogP contribution in [-0.2, 0) is 15.8 Å². The normalized spacial score (nSPS) is 11.3. The van der Waals surface area contributed by atoms with Gasteiger partial charge in [-0.1, -0.05) is 0 Å². The molecule has 0 amide bonds. The first-order valence-electron chi connectivity index (χ1n) is 8.10. The number of esters is 2. The number of H-pyrrole nitrogens is 1. The van der Waals surface area contributed by atoms with Crippen molar-refractivity contribution in [3.05, 3.63) is 48.2 Å². The number of carbonyl (C=O) groups is 2. The summed E-state index contributed by atoms with van der Waals surface area (Å²) in [7, 11) is 0. The minimum absolute atomic E-state index is 0.126. The molecular formula is C19H15F3N2O4. The number of alkyl halides is 3. The highest BCUT2D eigenvalue weighted by atomic mass is 19.4. The Kier molecular flexibility index (Phi) is 5.00. The monoisotopic (exact) mass is 392 g/mol. The quantitative estimate of drug-likeness (QED) is 0.493. The number of nitrogens with one attached hydrogen (secondary N) is 2. The lowest BCUT2D eigenvalue weighted by Gasteiger charge is -2.11. The highest BCUT2D eigenvalue weighted by molar-refractivity contribution is 5.97. The summed E-state index contributed by atoms with van der Waals surface area (Å²) in [6, 6.07) is 10.0. The van der Waals surface area contributed by atoms with E-state index in [-0.39, 0.29) is 28.1 Å². The number of benzene rings is 2. The van der Waals surface area contributed by atoms with Crippen LogP contribution in [0.25, 0.3) is 10.9 Å². The molecule has 0 radical (unpaired) electrons. The average Bonchev–Trinajstić information content (AvgIpc) is 2.94. The van der Waals surface area contributed by atoms with Gasteiger partial charge in [-0.25, -0.2) is 0 Å². The second-order valence-corrected chi connectivity index (χ2v) is 5.92. The standard InChI is InChI=1S/C19H15F3N2O4/c1-10(25)27-13-5-3-12(4-6-13)23-17-15-9-14(28-11(2)26)7-8-16(15)24-18(17)19(20,21)22/h3-9,23-24H,1-2H3. The van der Waals surface area contributed by atoms with E-state index in [0.717, 1.165) is 0 Å². The molecule has 0 saturated heterocycles. The highest BCUT2D eigenvalue weighted by Crippen LogP contribution is 2.41. The summed E-state index contributed by atoms with van der Waals surface area (Å²) in [4.78, 5) is 24.4. The fraction of sp³-hybridized carbons (Fsp3) is 0.158. The number of fused-ring (bicyclic) bond motifs is 1. The van der Waals surface area contributed by atoms with Gasteiger partial charge in [0.05, 0.1) is 5.69 Å². The number of hydrogen-bond acceptors (Lipinski definition) is 5. The Morgan fingerprint density at radius 1 is 0.929 bits per heavy atom. The molecule has 0 unspecified atom stereocenters. The summed E-state index contributed by atoms with van der Waals surface area (Å²) < 4.78 is 50.3. The van der Waals surface area contributed by atoms with Crippen molar-refractivity contribution in [2.45, 2.75) is 20.0 Å². The Morgan fingerprint density at radius 3 is 2.07 bits per heavy atom. The van der Waals surface area contributed by atoms with Crippen LogP contribution in [0.15, 0.2) is 42.5 Å². The Balaban J connectivity index is 2.03. The number of hydrogen-bond donors (Lipinski definition) is 2. The molecule has 6 nitrogen and oxygen atoms in total. The minimum atomic E-state index is -4.64. The van der Waals surface area contributed by atoms with Gasteiger partial charge in [-0.3, -0.25) is 9.59 Å². The number of carbonyl (C=O) groups excluding carboxylic acids is 2. The molecule has 0 aliphatic carbocycles. The van der Waals surface area contributed by atoms with Crippen LogP contribution in [0, 0.1) is 0 Å². The zero-order valence-corrected chi connectivity index (χ0v) is 14.8. The zero-order valence-electron chi connectivity index (χ0n) is 14.8. The van der Waals surface area contributed by atoms with Crippen LogP contribution in [0.1, 0.15) is 19.5 Å². The molecule has 9 heteroatoms. The number of ether oxygens (including phenoxy) is 2. The van der Waals surface area contributed by atoms with Gasteiger partial charge in [-0.2, -0.15) is 13.2 Å². The smallest absolute Gasteiger partial charge is 0.427 e. The summed E-state index contributed by atoms with van der Waals surface area (Å²) in [5.41, 5.74) is -0.606. The Hall–Kier alpha value is -3.49. The largest absolute Gasteiger partial charge is 0.433 e. The predicted octanol–water partition coefficient (Wildman–Crippen LogP) is 4.78. The van der Waals surface area contributed by atoms with Gasteiger partial charge in [0, 0.05) is 30.4 Å². The van der Waals surface area contributed by atoms with Gasteiger partial charge in [-0.15, -0.1) is 0 Å². The van der Waals surface area contributed by atoms with E-state index >= 15 is 0 Å². The van der Waals surface area contributed by atoms with Crippen LogP contribution < -0.4 is 14.8 Å². The second kappa shape index (κ2) is 7.26. The Morgan fingerprint density at radius 2 is 1.50 bits per heavy atom. The van der Waals surface area contributed by atoms with Gasteiger partial charge in [-0.05, 0) is 42.5 Å². The maximum Gasteiger partial charge on any atom is 0.433 e. The molecule has 0 saturated carbocycles. The predicted molar refractivity (Wildman–Crippen MR) is 95.6 cm³/mol. The number of aromatic nitrogens is 1. The van der Waals surface area contributed by atoms with E-state index < -0.39 is 23.8 Å². The molecule has 0 aliphatic rings. The molecule has 0 fully saturated rings. The molecule has 1 heterocycles. The van der Waals surface area contributed by atoms with E-state index in [2.05, 4.69) is 10.3 Å². The van der Waals surface area contributed by atoms with Crippen molar-refractivity contribution in [2.24, 2.45) is 0 Å². The number of rotatable bonds is 4. The molecule has 0 atom stereocenters. The fourth-order valence-electron chi connectivity index (χ4n) is 2.66. The number of aromatic amines is 1. The summed E-state index contributed by atoms with van der Waals surface area (Å²) in [5.74, 6) is -0.692. The van der Waals surface area contributed by atoms with Crippen molar-refractivity contribution < 1.29 is 32.2 Å². The van der Waals surface area contributed by atoms with Crippen LogP contribution in [0.2, 0.25) is 0 Å². The van der Waals surface area contributed by atoms with Gasteiger partial charge in [0.2, 0.25) is 0 Å². The molecule has 3 rings (SSSR count). The Bertz CT molecular complexity index is 1040. The number of halogens is 3. The second-order valence-electron chi connectivity index (χ2n) is 5.92. The first-order valence-corrected chi connectivity index (χ1v) is 8.10. The van der Waals surface area contributed by atoms with Crippen molar-refractivity contribution in [1.82, 2.24) is 4.98 Å². The van der Waals surface area contributed by atoms with Crippen LogP contribution in [0.3, 0.4) is 0 Å². The van der Waals surface area contributed by atoms with Crippen molar-refractivity contribution in [2.75, 3.05) is 5.32 Å². The topological polar surface area (TPSA) is 80.4 Å². The minimum Gasteiger partial charge on any atom is -0.427 e. The summed E-state index contributed by atoms with van der Waals surface area (Å²) in [6.07, 6.45) is -4.64. The molecule has 28 heavy (non-hydrogen) atoms. The lowest BCUT2D eigenvalue weighted by atomic mass is 10.2. The van der Waals surface area contributed by atoms with E-state index in [1.54, 1.807) is 0 Å². The summed E-state index contributed by atoms with van der Waals surface area (Å²) >= 11 is 0. The van der Waals surface area contributed by atoms with Gasteiger partial charge in [0.25, 0.3) is 0 Å². The number of anilines is 2. The van der Waals surface area contributed by atoms with Gasteiger partial charge >= 0.3 is 18.1 Å². The summed E-state index contributed by atoms with van der Waals surface area (Å²) in [6.45, 7) is 2.45. The van der Waals surface area contributed by atoms with E-state index in [4.69, 9.17) is 9.47 Å². The van der Waals surface area contributed by atoms with Crippen LogP contribution in [-0.4, -0.2) is 16.9 Å². The summed E-state index contributed by atoms with van der Waals surface area (Å²) in [5, 5.41) is 2.93. The van der Waals surface area contributed by atoms with Crippen LogP contribution in [0.4, 0.5) is 24.5 Å². The third kappa shape index (κ3) is 4.25. The van der Waals surface area contributed by atoms with E-state index in [1.807, 2.05) is 0 Å². The molecule has 0 bridgehead atoms. The van der Waals surface area contributed by atoms with E-state index in [0.29, 0.717) is 5.69 Å². The Labute approximate surface area is 157 Å². The lowest BCUT2D eigenvalue weighted by molar-refractivity contribution is -0.140. The van der Waals surface area contributed by atoms with Gasteiger partial charge in [0.1, 0.15) is 17.2 Å². The fourth-order valence-corrected chi connectivity index (χ4v) is 2.66. The third-order valence-electron chi connectivity index (χ3n) is 3.70. The molecule has 2 N–H and O–H groups in total. The van der Waals surface area contributed by atoms with Crippen molar-refractivity contribution in [1.29, 1.82) is 0 Å². The maximum atomic E-state index is 13.5.